The van der Waals surface area contributed by atoms with Gasteiger partial charge in [-0.3, -0.25) is 10.1 Å². The number of rotatable bonds is 4. The fourth-order valence-corrected chi connectivity index (χ4v) is 4.06. The number of nitrogen functional groups attached to an aromatic ring is 1. The summed E-state index contributed by atoms with van der Waals surface area (Å²) in [5, 5.41) is 11.0. The number of sulfonamides is 1. The normalized spacial score (nSPS) is 20.0. The largest absolute Gasteiger partial charge is 0.399 e. The van der Waals surface area contributed by atoms with Crippen molar-refractivity contribution < 1.29 is 13.3 Å². The first-order valence-corrected chi connectivity index (χ1v) is 7.88. The van der Waals surface area contributed by atoms with Crippen LogP contribution in [0, 0.1) is 10.1 Å². The molecule has 1 atom stereocenters. The van der Waals surface area contributed by atoms with Crippen LogP contribution in [-0.2, 0) is 10.0 Å². The van der Waals surface area contributed by atoms with E-state index < -0.39 is 20.6 Å². The molecule has 0 aromatic heterocycles. The highest BCUT2D eigenvalue weighted by molar-refractivity contribution is 7.89. The van der Waals surface area contributed by atoms with Crippen molar-refractivity contribution in [3.63, 3.8) is 0 Å². The topological polar surface area (TPSA) is 110 Å². The number of hydrogen-bond donors (Lipinski definition) is 1. The molecule has 2 rings (SSSR count). The van der Waals surface area contributed by atoms with E-state index in [1.807, 2.05) is 19.0 Å². The zero-order valence-corrected chi connectivity index (χ0v) is 12.7. The Labute approximate surface area is 123 Å². The van der Waals surface area contributed by atoms with E-state index in [1.54, 1.807) is 0 Å². The minimum absolute atomic E-state index is 0.111. The second-order valence-electron chi connectivity index (χ2n) is 5.25. The van der Waals surface area contributed by atoms with Gasteiger partial charge in [-0.05, 0) is 32.6 Å². The number of nitrogens with two attached hydrogens (primary N) is 1. The molecule has 1 heterocycles. The standard InChI is InChI=1S/C12H18N4O4S/c1-14(2)10-5-6-15(8-10)21(19,20)12-7-9(13)3-4-11(12)16(17)18/h3-4,7,10H,5-6,8,13H2,1-2H3. The van der Waals surface area contributed by atoms with Gasteiger partial charge in [0.2, 0.25) is 10.0 Å². The molecule has 9 heteroatoms. The zero-order valence-electron chi connectivity index (χ0n) is 11.9. The first-order chi connectivity index (χ1) is 9.73. The number of nitrogens with zero attached hydrogens (tertiary/aromatic N) is 3. The van der Waals surface area contributed by atoms with Crippen LogP contribution >= 0.6 is 0 Å². The number of nitro groups is 1. The number of anilines is 1. The molecular weight excluding hydrogens is 296 g/mol. The van der Waals surface area contributed by atoms with Crippen LogP contribution in [0.5, 0.6) is 0 Å². The lowest BCUT2D eigenvalue weighted by atomic mass is 10.2. The summed E-state index contributed by atoms with van der Waals surface area (Å²) >= 11 is 0. The van der Waals surface area contributed by atoms with Gasteiger partial charge >= 0.3 is 0 Å². The lowest BCUT2D eigenvalue weighted by Gasteiger charge is -2.20. The Bertz CT molecular complexity index is 659. The predicted molar refractivity (Wildman–Crippen MR) is 78.4 cm³/mol. The Morgan fingerprint density at radius 2 is 2.10 bits per heavy atom. The molecule has 2 N–H and O–H groups in total. The summed E-state index contributed by atoms with van der Waals surface area (Å²) in [5.74, 6) is 0. The maximum absolute atomic E-state index is 12.6. The first kappa shape index (κ1) is 15.7. The van der Waals surface area contributed by atoms with Gasteiger partial charge in [-0.1, -0.05) is 0 Å². The average Bonchev–Trinajstić information content (AvgIpc) is 2.88. The van der Waals surface area contributed by atoms with Crippen molar-refractivity contribution >= 4 is 21.4 Å². The van der Waals surface area contributed by atoms with Crippen molar-refractivity contribution in [2.24, 2.45) is 0 Å². The van der Waals surface area contributed by atoms with E-state index in [9.17, 15) is 18.5 Å². The molecule has 0 radical (unpaired) electrons. The van der Waals surface area contributed by atoms with Crippen molar-refractivity contribution in [1.82, 2.24) is 9.21 Å². The molecule has 1 fully saturated rings. The molecule has 1 unspecified atom stereocenters. The Morgan fingerprint density at radius 1 is 1.43 bits per heavy atom. The third kappa shape index (κ3) is 2.99. The van der Waals surface area contributed by atoms with Crippen molar-refractivity contribution in [3.8, 4) is 0 Å². The molecule has 1 aliphatic rings. The SMILES string of the molecule is CN(C)C1CCN(S(=O)(=O)c2cc(N)ccc2[N+](=O)[O-])C1. The summed E-state index contributed by atoms with van der Waals surface area (Å²) in [6.07, 6.45) is 0.697. The molecule has 21 heavy (non-hydrogen) atoms. The van der Waals surface area contributed by atoms with Crippen molar-refractivity contribution in [2.45, 2.75) is 17.4 Å². The highest BCUT2D eigenvalue weighted by Gasteiger charge is 2.37. The molecule has 1 aliphatic heterocycles. The highest BCUT2D eigenvalue weighted by atomic mass is 32.2. The second kappa shape index (κ2) is 5.58. The maximum Gasteiger partial charge on any atom is 0.289 e. The van der Waals surface area contributed by atoms with Crippen LogP contribution in [0.4, 0.5) is 11.4 Å². The fourth-order valence-electron chi connectivity index (χ4n) is 2.38. The van der Waals surface area contributed by atoms with Gasteiger partial charge in [0.15, 0.2) is 4.90 Å². The van der Waals surface area contributed by atoms with E-state index >= 15 is 0 Å². The molecule has 1 aromatic rings. The van der Waals surface area contributed by atoms with E-state index in [0.717, 1.165) is 12.1 Å². The maximum atomic E-state index is 12.6. The highest BCUT2D eigenvalue weighted by Crippen LogP contribution is 2.30. The monoisotopic (exact) mass is 314 g/mol. The van der Waals surface area contributed by atoms with E-state index in [2.05, 4.69) is 0 Å². The molecule has 0 amide bonds. The molecule has 8 nitrogen and oxygen atoms in total. The lowest BCUT2D eigenvalue weighted by molar-refractivity contribution is -0.387. The average molecular weight is 314 g/mol. The molecule has 1 aromatic carbocycles. The smallest absolute Gasteiger partial charge is 0.289 e. The van der Waals surface area contributed by atoms with Gasteiger partial charge < -0.3 is 10.6 Å². The van der Waals surface area contributed by atoms with Crippen LogP contribution in [-0.4, -0.2) is 55.8 Å². The Kier molecular flexibility index (Phi) is 4.17. The summed E-state index contributed by atoms with van der Waals surface area (Å²) in [7, 11) is -0.161. The van der Waals surface area contributed by atoms with Gasteiger partial charge in [0.25, 0.3) is 5.69 Å². The van der Waals surface area contributed by atoms with Gasteiger partial charge in [-0.25, -0.2) is 8.42 Å². The first-order valence-electron chi connectivity index (χ1n) is 6.44. The van der Waals surface area contributed by atoms with Crippen LogP contribution < -0.4 is 5.73 Å². The number of nitro benzene ring substituents is 1. The molecule has 0 aliphatic carbocycles. The van der Waals surface area contributed by atoms with Gasteiger partial charge in [-0.2, -0.15) is 4.31 Å². The molecule has 0 bridgehead atoms. The number of benzene rings is 1. The van der Waals surface area contributed by atoms with Crippen LogP contribution in [0.3, 0.4) is 0 Å². The van der Waals surface area contributed by atoms with Crippen LogP contribution in [0.1, 0.15) is 6.42 Å². The second-order valence-corrected chi connectivity index (χ2v) is 7.16. The van der Waals surface area contributed by atoms with E-state index in [0.29, 0.717) is 19.5 Å². The Balaban J connectivity index is 2.41. The van der Waals surface area contributed by atoms with Crippen molar-refractivity contribution in [3.05, 3.63) is 28.3 Å². The van der Waals surface area contributed by atoms with Crippen molar-refractivity contribution in [2.75, 3.05) is 32.9 Å². The van der Waals surface area contributed by atoms with Crippen molar-refractivity contribution in [1.29, 1.82) is 0 Å². The van der Waals surface area contributed by atoms with Gasteiger partial charge in [0, 0.05) is 30.9 Å². The van der Waals surface area contributed by atoms with Gasteiger partial charge in [-0.15, -0.1) is 0 Å². The molecule has 0 spiro atoms. The Hall–Kier alpha value is -1.71. The zero-order chi connectivity index (χ0) is 15.8. The summed E-state index contributed by atoms with van der Waals surface area (Å²) in [6, 6.07) is 3.71. The Morgan fingerprint density at radius 3 is 2.62 bits per heavy atom. The third-order valence-corrected chi connectivity index (χ3v) is 5.55. The molecule has 0 saturated carbocycles. The molecule has 116 valence electrons. The molecular formula is C12H18N4O4S. The van der Waals surface area contributed by atoms with Crippen LogP contribution in [0.25, 0.3) is 0 Å². The van der Waals surface area contributed by atoms with E-state index in [-0.39, 0.29) is 16.6 Å². The van der Waals surface area contributed by atoms with Gasteiger partial charge in [0.05, 0.1) is 4.92 Å². The summed E-state index contributed by atoms with van der Waals surface area (Å²) in [4.78, 5) is 11.9. The summed E-state index contributed by atoms with van der Waals surface area (Å²) in [6.45, 7) is 0.665. The minimum Gasteiger partial charge on any atom is -0.399 e. The minimum atomic E-state index is -3.92. The van der Waals surface area contributed by atoms with E-state index in [1.165, 1.54) is 10.4 Å². The summed E-state index contributed by atoms with van der Waals surface area (Å²) in [5.41, 5.74) is 5.32. The number of likely N-dealkylation sites (N-methyl/N-ethyl adjacent to an activating group) is 1. The van der Waals surface area contributed by atoms with E-state index in [4.69, 9.17) is 5.73 Å². The lowest BCUT2D eigenvalue weighted by Crippen LogP contribution is -2.34. The third-order valence-electron chi connectivity index (χ3n) is 3.65. The quantitative estimate of drug-likeness (QED) is 0.492. The molecule has 1 saturated heterocycles. The predicted octanol–water partition coefficient (Wildman–Crippen LogP) is 0.502. The number of hydrogen-bond acceptors (Lipinski definition) is 6. The van der Waals surface area contributed by atoms with Crippen LogP contribution in [0.2, 0.25) is 0 Å². The fraction of sp³-hybridized carbons (Fsp3) is 0.500. The summed E-state index contributed by atoms with van der Waals surface area (Å²) < 4.78 is 26.5. The van der Waals surface area contributed by atoms with Gasteiger partial charge in [0.1, 0.15) is 0 Å². The van der Waals surface area contributed by atoms with Crippen LogP contribution in [0.15, 0.2) is 23.1 Å².